The molecule has 0 fully saturated rings. The van der Waals surface area contributed by atoms with Crippen molar-refractivity contribution >= 4 is 11.9 Å². The van der Waals surface area contributed by atoms with E-state index in [-0.39, 0.29) is 18.5 Å². The van der Waals surface area contributed by atoms with Gasteiger partial charge >= 0.3 is 5.97 Å². The predicted molar refractivity (Wildman–Crippen MR) is 343 cm³/mol. The Bertz CT molecular complexity index is 1220. The molecule has 0 aromatic heterocycles. The lowest BCUT2D eigenvalue weighted by Gasteiger charge is -2.20. The van der Waals surface area contributed by atoms with Crippen LogP contribution in [0.4, 0.5) is 0 Å². The molecule has 462 valence electrons. The number of carbonyl (C=O) groups is 2. The van der Waals surface area contributed by atoms with E-state index in [1.54, 1.807) is 6.08 Å². The summed E-state index contributed by atoms with van der Waals surface area (Å²) in [7, 11) is 0. The minimum absolute atomic E-state index is 0.0233. The number of allylic oxidation sites excluding steroid dienone is 3. The van der Waals surface area contributed by atoms with E-state index >= 15 is 0 Å². The van der Waals surface area contributed by atoms with Gasteiger partial charge in [-0.05, 0) is 57.8 Å². The molecule has 0 heterocycles. The maximum atomic E-state index is 12.4. The molecule has 3 N–H and O–H groups in total. The second-order valence-electron chi connectivity index (χ2n) is 24.6. The first-order valence-electron chi connectivity index (χ1n) is 35.6. The van der Waals surface area contributed by atoms with E-state index in [0.717, 1.165) is 38.5 Å². The van der Waals surface area contributed by atoms with Gasteiger partial charge in [0, 0.05) is 12.8 Å². The Morgan fingerprint density at radius 2 is 0.603 bits per heavy atom. The molecule has 78 heavy (non-hydrogen) atoms. The lowest BCUT2D eigenvalue weighted by atomic mass is 10.0. The van der Waals surface area contributed by atoms with E-state index < -0.39 is 12.1 Å². The zero-order valence-corrected chi connectivity index (χ0v) is 52.9. The van der Waals surface area contributed by atoms with Gasteiger partial charge in [-0.1, -0.05) is 353 Å². The molecule has 0 aliphatic rings. The van der Waals surface area contributed by atoms with Crippen molar-refractivity contribution in [2.24, 2.45) is 0 Å². The third-order valence-electron chi connectivity index (χ3n) is 16.7. The van der Waals surface area contributed by atoms with Crippen LogP contribution >= 0.6 is 0 Å². The van der Waals surface area contributed by atoms with Gasteiger partial charge in [-0.2, -0.15) is 0 Å². The lowest BCUT2D eigenvalue weighted by Crippen LogP contribution is -2.45. The fourth-order valence-corrected chi connectivity index (χ4v) is 11.3. The van der Waals surface area contributed by atoms with E-state index in [4.69, 9.17) is 4.74 Å². The third-order valence-corrected chi connectivity index (χ3v) is 16.7. The number of aliphatic hydroxyl groups excluding tert-OH is 2. The highest BCUT2D eigenvalue weighted by molar-refractivity contribution is 5.76. The van der Waals surface area contributed by atoms with Crippen LogP contribution in [0.1, 0.15) is 399 Å². The van der Waals surface area contributed by atoms with Crippen molar-refractivity contribution in [3.63, 3.8) is 0 Å². The summed E-state index contributed by atoms with van der Waals surface area (Å²) in [6, 6.07) is -0.623. The molecular weight excluding hydrogens is 959 g/mol. The average Bonchev–Trinajstić information content (AvgIpc) is 3.44. The first-order valence-corrected chi connectivity index (χ1v) is 35.6. The normalized spacial score (nSPS) is 12.6. The Hall–Kier alpha value is -1.66. The summed E-state index contributed by atoms with van der Waals surface area (Å²) in [6.07, 6.45) is 85.7. The van der Waals surface area contributed by atoms with Crippen LogP contribution in [0.2, 0.25) is 0 Å². The van der Waals surface area contributed by atoms with Crippen LogP contribution in [0, 0.1) is 0 Å². The number of nitrogens with one attached hydrogen (secondary N) is 1. The van der Waals surface area contributed by atoms with Crippen molar-refractivity contribution in [2.45, 2.75) is 411 Å². The molecule has 0 aromatic rings. The smallest absolute Gasteiger partial charge is 0.305 e. The van der Waals surface area contributed by atoms with Gasteiger partial charge in [-0.25, -0.2) is 0 Å². The number of aliphatic hydroxyl groups is 2. The number of carbonyl (C=O) groups excluding carboxylic acids is 2. The summed E-state index contributed by atoms with van der Waals surface area (Å²) in [6.45, 7) is 4.92. The van der Waals surface area contributed by atoms with Crippen LogP contribution in [0.5, 0.6) is 0 Å². The molecule has 0 aliphatic carbocycles. The first kappa shape index (κ1) is 76.3. The Morgan fingerprint density at radius 3 is 0.910 bits per heavy atom. The molecule has 6 heteroatoms. The lowest BCUT2D eigenvalue weighted by molar-refractivity contribution is -0.143. The Morgan fingerprint density at radius 1 is 0.346 bits per heavy atom. The maximum absolute atomic E-state index is 12.4. The number of rotatable bonds is 67. The first-order chi connectivity index (χ1) is 38.5. The average molecular weight is 1100 g/mol. The van der Waals surface area contributed by atoms with Gasteiger partial charge in [0.05, 0.1) is 25.4 Å². The van der Waals surface area contributed by atoms with Crippen molar-refractivity contribution in [2.75, 3.05) is 13.2 Å². The molecule has 2 atom stereocenters. The van der Waals surface area contributed by atoms with Crippen LogP contribution in [0.3, 0.4) is 0 Å². The molecule has 0 aromatic carbocycles. The predicted octanol–water partition coefficient (Wildman–Crippen LogP) is 22.9. The van der Waals surface area contributed by atoms with Gasteiger partial charge < -0.3 is 20.3 Å². The zero-order chi connectivity index (χ0) is 56.4. The zero-order valence-electron chi connectivity index (χ0n) is 52.9. The Labute approximate surface area is 488 Å². The van der Waals surface area contributed by atoms with Crippen molar-refractivity contribution in [3.05, 3.63) is 24.3 Å². The second-order valence-corrected chi connectivity index (χ2v) is 24.6. The molecule has 0 aliphatic heterocycles. The fraction of sp³-hybridized carbons (Fsp3) is 0.917. The number of esters is 1. The van der Waals surface area contributed by atoms with Gasteiger partial charge in [-0.15, -0.1) is 0 Å². The van der Waals surface area contributed by atoms with Crippen LogP contribution < -0.4 is 5.32 Å². The van der Waals surface area contributed by atoms with Gasteiger partial charge in [0.2, 0.25) is 5.91 Å². The molecule has 0 spiro atoms. The Kier molecular flexibility index (Phi) is 66.4. The maximum Gasteiger partial charge on any atom is 0.305 e. The molecule has 0 bridgehead atoms. The molecular formula is C72H139NO5. The monoisotopic (exact) mass is 1100 g/mol. The van der Waals surface area contributed by atoms with Gasteiger partial charge in [0.1, 0.15) is 0 Å². The summed E-state index contributed by atoms with van der Waals surface area (Å²) in [4.78, 5) is 24.5. The molecule has 2 unspecified atom stereocenters. The summed E-state index contributed by atoms with van der Waals surface area (Å²) in [5, 5.41) is 23.1. The largest absolute Gasteiger partial charge is 0.466 e. The summed E-state index contributed by atoms with van der Waals surface area (Å²) in [5.41, 5.74) is 0. The topological polar surface area (TPSA) is 95.9 Å². The molecule has 0 radical (unpaired) electrons. The molecule has 6 nitrogen and oxygen atoms in total. The van der Waals surface area contributed by atoms with Crippen LogP contribution in [-0.2, 0) is 14.3 Å². The van der Waals surface area contributed by atoms with Gasteiger partial charge in [-0.3, -0.25) is 9.59 Å². The summed E-state index contributed by atoms with van der Waals surface area (Å²) < 4.78 is 5.49. The number of amides is 1. The van der Waals surface area contributed by atoms with Crippen molar-refractivity contribution < 1.29 is 24.5 Å². The van der Waals surface area contributed by atoms with E-state index in [0.29, 0.717) is 19.4 Å². The highest BCUT2D eigenvalue weighted by Gasteiger charge is 2.18. The minimum atomic E-state index is -0.839. The molecule has 0 saturated heterocycles. The highest BCUT2D eigenvalue weighted by atomic mass is 16.5. The van der Waals surface area contributed by atoms with Crippen molar-refractivity contribution in [1.29, 1.82) is 0 Å². The minimum Gasteiger partial charge on any atom is -0.466 e. The van der Waals surface area contributed by atoms with E-state index in [1.165, 1.54) is 334 Å². The molecule has 1 amide bonds. The second kappa shape index (κ2) is 67.8. The van der Waals surface area contributed by atoms with Crippen molar-refractivity contribution in [3.8, 4) is 0 Å². The number of unbranched alkanes of at least 4 members (excludes halogenated alkanes) is 54. The van der Waals surface area contributed by atoms with Crippen molar-refractivity contribution in [1.82, 2.24) is 5.32 Å². The molecule has 0 rings (SSSR count). The third kappa shape index (κ3) is 63.5. The van der Waals surface area contributed by atoms with Crippen LogP contribution in [0.25, 0.3) is 0 Å². The number of hydrogen-bond donors (Lipinski definition) is 3. The Balaban J connectivity index is 3.31. The number of hydrogen-bond acceptors (Lipinski definition) is 5. The molecule has 0 saturated carbocycles. The SMILES string of the molecule is CCCCCCCCCCC/C=C/C(O)C(CO)NC(=O)CCCCCCCCCCCCCCCCCCC/C=C\CCCCCCCCCCCCCCCCCCOC(=O)CCCCCCCCCCCCCCC. The fourth-order valence-electron chi connectivity index (χ4n) is 11.3. The van der Waals surface area contributed by atoms with Gasteiger partial charge in [0.25, 0.3) is 0 Å². The standard InChI is InChI=1S/C72H139NO5/c1-3-5-7-9-11-13-15-41-46-50-54-58-62-66-72(77)78-67-63-59-55-51-47-43-40-38-36-34-32-30-28-26-24-22-20-18-16-17-19-21-23-25-27-29-31-33-35-37-39-42-45-49-53-57-61-65-71(76)73-69(68-74)70(75)64-60-56-52-48-44-14-12-10-8-6-4-2/h16,18,60,64,69-70,74-75H,3-15,17,19-59,61-63,65-68H2,1-2H3,(H,73,76)/b18-16-,64-60+. The summed E-state index contributed by atoms with van der Waals surface area (Å²) in [5.74, 6) is -0.0403. The van der Waals surface area contributed by atoms with Crippen LogP contribution in [-0.4, -0.2) is 47.4 Å². The quantitative estimate of drug-likeness (QED) is 0.0320. The van der Waals surface area contributed by atoms with Gasteiger partial charge in [0.15, 0.2) is 0 Å². The number of ether oxygens (including phenoxy) is 1. The van der Waals surface area contributed by atoms with Crippen LogP contribution in [0.15, 0.2) is 24.3 Å². The summed E-state index contributed by atoms with van der Waals surface area (Å²) >= 11 is 0. The highest BCUT2D eigenvalue weighted by Crippen LogP contribution is 2.19. The van der Waals surface area contributed by atoms with E-state index in [1.807, 2.05) is 6.08 Å². The van der Waals surface area contributed by atoms with E-state index in [9.17, 15) is 19.8 Å². The van der Waals surface area contributed by atoms with E-state index in [2.05, 4.69) is 31.3 Å².